The lowest BCUT2D eigenvalue weighted by Gasteiger charge is -2.29. The van der Waals surface area contributed by atoms with Crippen molar-refractivity contribution in [3.8, 4) is 0 Å². The largest absolute Gasteiger partial charge is 0.478 e. The monoisotopic (exact) mass is 489 g/mol. The first-order chi connectivity index (χ1) is 16.1. The first-order valence-corrected chi connectivity index (χ1v) is 10.6. The number of carboxylic acids is 1. The number of anilines is 3. The topological polar surface area (TPSA) is 215 Å². The predicted octanol–water partition coefficient (Wildman–Crippen LogP) is 0.140. The average Bonchev–Trinajstić information content (AvgIpc) is 2.77. The molecule has 9 N–H and O–H groups in total. The number of aromatic carboxylic acids is 1. The van der Waals surface area contributed by atoms with E-state index >= 15 is 0 Å². The molecule has 14 heteroatoms. The number of likely N-dealkylation sites (tertiary alicyclic amines) is 1. The average molecular weight is 490 g/mol. The van der Waals surface area contributed by atoms with Crippen molar-refractivity contribution in [3.05, 3.63) is 40.7 Å². The van der Waals surface area contributed by atoms with Crippen molar-refractivity contribution in [1.82, 2.24) is 20.2 Å². The molecule has 0 aliphatic carbocycles. The zero-order chi connectivity index (χ0) is 24.8. The minimum Gasteiger partial charge on any atom is -0.478 e. The van der Waals surface area contributed by atoms with Gasteiger partial charge in [-0.05, 0) is 31.0 Å². The molecule has 1 aliphatic heterocycles. The summed E-state index contributed by atoms with van der Waals surface area (Å²) in [5.74, 6) is -2.41. The van der Waals surface area contributed by atoms with E-state index in [9.17, 15) is 14.4 Å². The Kier molecular flexibility index (Phi) is 7.81. The van der Waals surface area contributed by atoms with Gasteiger partial charge in [-0.3, -0.25) is 19.8 Å². The molecule has 2 amide bonds. The molecule has 1 fully saturated rings. The van der Waals surface area contributed by atoms with E-state index in [1.807, 2.05) is 4.90 Å². The van der Waals surface area contributed by atoms with E-state index in [2.05, 4.69) is 25.6 Å². The summed E-state index contributed by atoms with van der Waals surface area (Å²) in [6.07, 6.45) is 1.24. The Morgan fingerprint density at radius 1 is 1.18 bits per heavy atom. The van der Waals surface area contributed by atoms with Gasteiger partial charge in [0.25, 0.3) is 5.91 Å². The second kappa shape index (κ2) is 10.8. The zero-order valence-corrected chi connectivity index (χ0v) is 18.7. The number of nitrogens with one attached hydrogen (secondary N) is 2. The van der Waals surface area contributed by atoms with E-state index in [4.69, 9.17) is 33.9 Å². The second-order valence-corrected chi connectivity index (χ2v) is 7.90. The Labute approximate surface area is 199 Å². The minimum atomic E-state index is -1.07. The van der Waals surface area contributed by atoms with Crippen LogP contribution in [0.3, 0.4) is 0 Å². The van der Waals surface area contributed by atoms with E-state index in [-0.39, 0.29) is 52.5 Å². The van der Waals surface area contributed by atoms with Crippen LogP contribution in [-0.4, -0.2) is 69.4 Å². The van der Waals surface area contributed by atoms with Crippen molar-refractivity contribution in [1.29, 1.82) is 0 Å². The number of hydrogen-bond donors (Lipinski definition) is 6. The maximum Gasteiger partial charge on any atom is 0.335 e. The summed E-state index contributed by atoms with van der Waals surface area (Å²) < 4.78 is 0. The Hall–Kier alpha value is -3.97. The first-order valence-electron chi connectivity index (χ1n) is 10.2. The van der Waals surface area contributed by atoms with Crippen molar-refractivity contribution in [2.75, 3.05) is 36.4 Å². The molecule has 0 unspecified atom stereocenters. The smallest absolute Gasteiger partial charge is 0.335 e. The van der Waals surface area contributed by atoms with Gasteiger partial charge in [-0.2, -0.15) is 0 Å². The van der Waals surface area contributed by atoms with E-state index in [1.54, 1.807) is 12.1 Å². The molecule has 180 valence electrons. The van der Waals surface area contributed by atoms with Crippen LogP contribution in [-0.2, 0) is 4.79 Å². The number of aliphatic imine (C=N–C) groups is 1. The van der Waals surface area contributed by atoms with E-state index in [0.29, 0.717) is 31.6 Å². The number of guanidine groups is 1. The van der Waals surface area contributed by atoms with E-state index in [1.165, 1.54) is 12.1 Å². The van der Waals surface area contributed by atoms with Gasteiger partial charge in [0.15, 0.2) is 28.4 Å². The minimum absolute atomic E-state index is 0.0911. The maximum atomic E-state index is 12.3. The number of amides is 2. The number of halogens is 1. The van der Waals surface area contributed by atoms with Gasteiger partial charge in [0, 0.05) is 18.8 Å². The van der Waals surface area contributed by atoms with Crippen LogP contribution in [0.15, 0.2) is 29.3 Å². The summed E-state index contributed by atoms with van der Waals surface area (Å²) in [7, 11) is 0. The molecule has 0 spiro atoms. The molecule has 3 rings (SSSR count). The molecule has 2 heterocycles. The SMILES string of the molecule is NC(=NC1CCN(CC(=O)Nc2cccc(C(=O)O)c2)CC1)NC(=O)c1nc(Cl)c(N)nc1N. The maximum absolute atomic E-state index is 12.3. The highest BCUT2D eigenvalue weighted by molar-refractivity contribution is 6.31. The molecule has 0 atom stereocenters. The van der Waals surface area contributed by atoms with Crippen molar-refractivity contribution >= 4 is 52.7 Å². The van der Waals surface area contributed by atoms with Crippen LogP contribution in [0.1, 0.15) is 33.7 Å². The third-order valence-electron chi connectivity index (χ3n) is 5.00. The number of benzene rings is 1. The molecular weight excluding hydrogens is 466 g/mol. The molecule has 1 aliphatic rings. The van der Waals surface area contributed by atoms with Gasteiger partial charge >= 0.3 is 5.97 Å². The van der Waals surface area contributed by atoms with Crippen LogP contribution < -0.4 is 27.8 Å². The number of piperidine rings is 1. The molecule has 1 aromatic heterocycles. The van der Waals surface area contributed by atoms with Crippen molar-refractivity contribution in [3.63, 3.8) is 0 Å². The number of carbonyl (C=O) groups excluding carboxylic acids is 2. The van der Waals surface area contributed by atoms with Crippen molar-refractivity contribution in [2.24, 2.45) is 10.7 Å². The Bertz CT molecular complexity index is 1130. The van der Waals surface area contributed by atoms with Crippen LogP contribution in [0.2, 0.25) is 5.15 Å². The first kappa shape index (κ1) is 24.7. The van der Waals surface area contributed by atoms with Crippen LogP contribution in [0.5, 0.6) is 0 Å². The Morgan fingerprint density at radius 3 is 2.56 bits per heavy atom. The van der Waals surface area contributed by atoms with Gasteiger partial charge in [-0.1, -0.05) is 17.7 Å². The number of nitrogens with two attached hydrogens (primary N) is 3. The van der Waals surface area contributed by atoms with Crippen molar-refractivity contribution in [2.45, 2.75) is 18.9 Å². The van der Waals surface area contributed by atoms with Crippen LogP contribution in [0.25, 0.3) is 0 Å². The number of carbonyl (C=O) groups is 3. The third kappa shape index (κ3) is 6.52. The van der Waals surface area contributed by atoms with Gasteiger partial charge < -0.3 is 27.6 Å². The molecule has 2 aromatic rings. The predicted molar refractivity (Wildman–Crippen MR) is 126 cm³/mol. The zero-order valence-electron chi connectivity index (χ0n) is 18.0. The van der Waals surface area contributed by atoms with Gasteiger partial charge in [-0.15, -0.1) is 0 Å². The quantitative estimate of drug-likeness (QED) is 0.238. The molecule has 0 saturated carbocycles. The molecule has 34 heavy (non-hydrogen) atoms. The molecule has 0 bridgehead atoms. The summed E-state index contributed by atoms with van der Waals surface area (Å²) in [6.45, 7) is 1.32. The van der Waals surface area contributed by atoms with Gasteiger partial charge in [0.1, 0.15) is 0 Å². The van der Waals surface area contributed by atoms with Crippen LogP contribution >= 0.6 is 11.6 Å². The number of carboxylic acid groups (broad SMARTS) is 1. The van der Waals surface area contributed by atoms with Crippen LogP contribution in [0.4, 0.5) is 17.3 Å². The second-order valence-electron chi connectivity index (χ2n) is 7.54. The summed E-state index contributed by atoms with van der Waals surface area (Å²) >= 11 is 5.78. The van der Waals surface area contributed by atoms with Gasteiger partial charge in [-0.25, -0.2) is 19.8 Å². The van der Waals surface area contributed by atoms with Crippen molar-refractivity contribution < 1.29 is 19.5 Å². The summed E-state index contributed by atoms with van der Waals surface area (Å²) in [4.78, 5) is 49.5. The van der Waals surface area contributed by atoms with E-state index < -0.39 is 11.9 Å². The lowest BCUT2D eigenvalue weighted by Crippen LogP contribution is -2.42. The Balaban J connectivity index is 1.48. The fraction of sp³-hybridized carbons (Fsp3) is 0.300. The number of nitrogens with zero attached hydrogens (tertiary/aromatic N) is 4. The normalized spacial score (nSPS) is 15.0. The number of nitrogen functional groups attached to an aromatic ring is 2. The Morgan fingerprint density at radius 2 is 1.88 bits per heavy atom. The highest BCUT2D eigenvalue weighted by Gasteiger charge is 2.22. The lowest BCUT2D eigenvalue weighted by atomic mass is 10.1. The summed E-state index contributed by atoms with van der Waals surface area (Å²) in [5.41, 5.74) is 17.3. The number of rotatable bonds is 6. The van der Waals surface area contributed by atoms with Gasteiger partial charge in [0.05, 0.1) is 18.2 Å². The molecular formula is C20H24ClN9O4. The third-order valence-corrected chi connectivity index (χ3v) is 5.28. The molecule has 13 nitrogen and oxygen atoms in total. The van der Waals surface area contributed by atoms with E-state index in [0.717, 1.165) is 0 Å². The fourth-order valence-corrected chi connectivity index (χ4v) is 3.48. The number of aromatic nitrogens is 2. The highest BCUT2D eigenvalue weighted by Crippen LogP contribution is 2.18. The number of hydrogen-bond acceptors (Lipinski definition) is 9. The molecule has 1 aromatic carbocycles. The fourth-order valence-electron chi connectivity index (χ4n) is 3.35. The standard InChI is InChI=1S/C20H24ClN9O4/c21-15-17(23)28-16(22)14(27-15)18(32)29-20(24)26-11-4-6-30(7-5-11)9-13(31)25-12-3-1-2-10(8-12)19(33)34/h1-3,8,11H,4-7,9H2,(H,25,31)(H,33,34)(H4,22,23,28)(H3,24,26,29,32). The van der Waals surface area contributed by atoms with Gasteiger partial charge in [0.2, 0.25) is 5.91 Å². The molecule has 1 saturated heterocycles. The lowest BCUT2D eigenvalue weighted by molar-refractivity contribution is -0.117. The summed E-state index contributed by atoms with van der Waals surface area (Å²) in [5, 5.41) is 14.0. The van der Waals surface area contributed by atoms with Crippen LogP contribution in [0, 0.1) is 0 Å². The highest BCUT2D eigenvalue weighted by atomic mass is 35.5. The summed E-state index contributed by atoms with van der Waals surface area (Å²) in [6, 6.07) is 5.89. The molecule has 0 radical (unpaired) electrons.